The number of aromatic nitrogens is 3. The third kappa shape index (κ3) is 4.94. The average molecular weight is 505 g/mol. The van der Waals surface area contributed by atoms with Crippen LogP contribution < -0.4 is 26.0 Å². The Balaban J connectivity index is 1.31. The summed E-state index contributed by atoms with van der Waals surface area (Å²) in [6.45, 7) is 6.05. The van der Waals surface area contributed by atoms with E-state index in [1.165, 1.54) is 0 Å². The van der Waals surface area contributed by atoms with E-state index in [0.29, 0.717) is 43.3 Å². The zero-order valence-corrected chi connectivity index (χ0v) is 21.2. The van der Waals surface area contributed by atoms with E-state index in [9.17, 15) is 9.59 Å². The molecule has 0 spiro atoms. The molecule has 0 atom stereocenters. The molecule has 0 unspecified atom stereocenters. The molecule has 0 radical (unpaired) electrons. The van der Waals surface area contributed by atoms with Crippen LogP contribution in [-0.2, 0) is 17.6 Å². The highest BCUT2D eigenvalue weighted by Gasteiger charge is 2.24. The summed E-state index contributed by atoms with van der Waals surface area (Å²) in [5.74, 6) is 1.54. The average Bonchev–Trinajstić information content (AvgIpc) is 3.37. The second-order valence-electron chi connectivity index (χ2n) is 9.11. The highest BCUT2D eigenvalue weighted by molar-refractivity contribution is 5.94. The van der Waals surface area contributed by atoms with Gasteiger partial charge in [0.15, 0.2) is 0 Å². The number of hydrogen-bond donors (Lipinski definition) is 3. The van der Waals surface area contributed by atoms with Gasteiger partial charge in [0.05, 0.1) is 24.9 Å². The number of hydrogen-bond acceptors (Lipinski definition) is 8. The largest absolute Gasteiger partial charge is 0.494 e. The van der Waals surface area contributed by atoms with Crippen molar-refractivity contribution in [2.45, 2.75) is 19.8 Å². The highest BCUT2D eigenvalue weighted by Crippen LogP contribution is 2.33. The fraction of sp³-hybridized carbons (Fsp3) is 0.385. The molecule has 11 nitrogen and oxygen atoms in total. The van der Waals surface area contributed by atoms with Crippen LogP contribution >= 0.6 is 0 Å². The molecule has 1 fully saturated rings. The number of piperazine rings is 1. The van der Waals surface area contributed by atoms with Crippen LogP contribution in [0.5, 0.6) is 5.75 Å². The minimum absolute atomic E-state index is 0.140. The molecule has 1 saturated heterocycles. The Bertz CT molecular complexity index is 1310. The van der Waals surface area contributed by atoms with Crippen molar-refractivity contribution in [3.05, 3.63) is 53.5 Å². The van der Waals surface area contributed by atoms with Gasteiger partial charge in [-0.3, -0.25) is 9.59 Å². The van der Waals surface area contributed by atoms with E-state index in [0.717, 1.165) is 54.5 Å². The molecule has 3 aromatic rings. The molecule has 1 aromatic carbocycles. The van der Waals surface area contributed by atoms with Gasteiger partial charge in [-0.25, -0.2) is 4.98 Å². The van der Waals surface area contributed by atoms with Crippen LogP contribution in [0.2, 0.25) is 0 Å². The molecule has 194 valence electrons. The number of ether oxygens (including phenoxy) is 1. The van der Waals surface area contributed by atoms with Gasteiger partial charge in [-0.05, 0) is 37.6 Å². The van der Waals surface area contributed by atoms with Gasteiger partial charge < -0.3 is 35.5 Å². The van der Waals surface area contributed by atoms with Gasteiger partial charge in [0.2, 0.25) is 11.9 Å². The number of nitrogens with two attached hydrogens (primary N) is 1. The third-order valence-electron chi connectivity index (χ3n) is 6.91. The minimum Gasteiger partial charge on any atom is -0.494 e. The number of fused-ring (bicyclic) bond motifs is 3. The standard InChI is InChI=1S/C26H32N8O3/c1-3-28-16-23(35)33-12-10-32(11-13-33)18-5-6-20(22(14-18)37-2)30-26-29-15-17-4-7-21-19(24(27)36)8-9-34(21)25(17)31-26/h5-6,8-9,14-15,28H,3-4,7,10-13,16H2,1-2H3,(H2,27,36)(H,29,30,31). The first kappa shape index (κ1) is 24.6. The maximum absolute atomic E-state index is 12.3. The summed E-state index contributed by atoms with van der Waals surface area (Å²) in [4.78, 5) is 37.5. The number of primary amides is 1. The number of amides is 2. The molecule has 4 N–H and O–H groups in total. The summed E-state index contributed by atoms with van der Waals surface area (Å²) in [5.41, 5.74) is 9.72. The molecule has 4 heterocycles. The highest BCUT2D eigenvalue weighted by atomic mass is 16.5. The molecule has 0 bridgehead atoms. The predicted molar refractivity (Wildman–Crippen MR) is 141 cm³/mol. The number of likely N-dealkylation sites (N-methyl/N-ethyl adjacent to an activating group) is 1. The van der Waals surface area contributed by atoms with Crippen molar-refractivity contribution < 1.29 is 14.3 Å². The lowest BCUT2D eigenvalue weighted by molar-refractivity contribution is -0.130. The molecule has 2 aliphatic rings. The van der Waals surface area contributed by atoms with Crippen molar-refractivity contribution in [2.75, 3.05) is 56.6 Å². The van der Waals surface area contributed by atoms with E-state index in [2.05, 4.69) is 20.5 Å². The lowest BCUT2D eigenvalue weighted by Crippen LogP contribution is -2.50. The van der Waals surface area contributed by atoms with Crippen LogP contribution in [-0.4, -0.2) is 77.6 Å². The lowest BCUT2D eigenvalue weighted by Gasteiger charge is -2.36. The van der Waals surface area contributed by atoms with Crippen LogP contribution in [0.4, 0.5) is 17.3 Å². The van der Waals surface area contributed by atoms with Crippen molar-refractivity contribution in [2.24, 2.45) is 5.73 Å². The summed E-state index contributed by atoms with van der Waals surface area (Å²) >= 11 is 0. The van der Waals surface area contributed by atoms with Crippen molar-refractivity contribution in [1.82, 2.24) is 24.8 Å². The van der Waals surface area contributed by atoms with Gasteiger partial charge in [0.25, 0.3) is 5.91 Å². The molecule has 5 rings (SSSR count). The SMILES string of the molecule is CCNCC(=O)N1CCN(c2ccc(Nc3ncc4c(n3)-n3ccc(C(N)=O)c3CC4)c(OC)c2)CC1. The number of nitrogens with zero attached hydrogens (tertiary/aromatic N) is 5. The van der Waals surface area contributed by atoms with Crippen LogP contribution in [0.3, 0.4) is 0 Å². The van der Waals surface area contributed by atoms with Crippen molar-refractivity contribution in [1.29, 1.82) is 0 Å². The van der Waals surface area contributed by atoms with Crippen molar-refractivity contribution in [3.8, 4) is 11.6 Å². The zero-order chi connectivity index (χ0) is 25.9. The minimum atomic E-state index is -0.434. The third-order valence-corrected chi connectivity index (χ3v) is 6.91. The van der Waals surface area contributed by atoms with Crippen LogP contribution in [0, 0.1) is 0 Å². The number of aryl methyl sites for hydroxylation is 1. The van der Waals surface area contributed by atoms with Gasteiger partial charge in [-0.1, -0.05) is 6.92 Å². The fourth-order valence-electron chi connectivity index (χ4n) is 4.90. The Morgan fingerprint density at radius 2 is 1.95 bits per heavy atom. The predicted octanol–water partition coefficient (Wildman–Crippen LogP) is 1.48. The Hall–Kier alpha value is -4.12. The van der Waals surface area contributed by atoms with Gasteiger partial charge >= 0.3 is 0 Å². The summed E-state index contributed by atoms with van der Waals surface area (Å²) in [5, 5.41) is 6.37. The van der Waals surface area contributed by atoms with Crippen LogP contribution in [0.15, 0.2) is 36.7 Å². The molecule has 2 aromatic heterocycles. The van der Waals surface area contributed by atoms with E-state index in [1.807, 2.05) is 47.0 Å². The summed E-state index contributed by atoms with van der Waals surface area (Å²) in [6.07, 6.45) is 5.09. The number of nitrogens with one attached hydrogen (secondary N) is 2. The summed E-state index contributed by atoms with van der Waals surface area (Å²) < 4.78 is 7.59. The molecule has 0 saturated carbocycles. The van der Waals surface area contributed by atoms with Crippen LogP contribution in [0.1, 0.15) is 28.5 Å². The summed E-state index contributed by atoms with van der Waals surface area (Å²) in [6, 6.07) is 7.70. The van der Waals surface area contributed by atoms with Crippen molar-refractivity contribution in [3.63, 3.8) is 0 Å². The lowest BCUT2D eigenvalue weighted by atomic mass is 10.0. The normalized spacial score (nSPS) is 14.6. The fourth-order valence-corrected chi connectivity index (χ4v) is 4.90. The number of methoxy groups -OCH3 is 1. The molecular formula is C26H32N8O3. The quantitative estimate of drug-likeness (QED) is 0.421. The smallest absolute Gasteiger partial charge is 0.250 e. The first-order chi connectivity index (χ1) is 18.0. The van der Waals surface area contributed by atoms with E-state index >= 15 is 0 Å². The second-order valence-corrected chi connectivity index (χ2v) is 9.11. The molecule has 0 aliphatic carbocycles. The summed E-state index contributed by atoms with van der Waals surface area (Å²) in [7, 11) is 1.63. The number of rotatable bonds is 8. The molecule has 11 heteroatoms. The van der Waals surface area contributed by atoms with E-state index in [1.54, 1.807) is 13.2 Å². The Morgan fingerprint density at radius 1 is 1.14 bits per heavy atom. The van der Waals surface area contributed by atoms with E-state index in [-0.39, 0.29) is 5.91 Å². The van der Waals surface area contributed by atoms with Gasteiger partial charge in [-0.2, -0.15) is 4.98 Å². The Labute approximate surface area is 215 Å². The zero-order valence-electron chi connectivity index (χ0n) is 21.2. The first-order valence-corrected chi connectivity index (χ1v) is 12.5. The van der Waals surface area contributed by atoms with Crippen molar-refractivity contribution >= 4 is 29.1 Å². The molecule has 2 aliphatic heterocycles. The second kappa shape index (κ2) is 10.5. The van der Waals surface area contributed by atoms with E-state index < -0.39 is 5.91 Å². The first-order valence-electron chi connectivity index (χ1n) is 12.5. The number of benzene rings is 1. The molecule has 2 amide bonds. The molecule has 37 heavy (non-hydrogen) atoms. The van der Waals surface area contributed by atoms with Gasteiger partial charge in [0, 0.05) is 61.6 Å². The number of anilines is 3. The molecular weight excluding hydrogens is 472 g/mol. The monoisotopic (exact) mass is 504 g/mol. The van der Waals surface area contributed by atoms with Gasteiger partial charge in [0.1, 0.15) is 11.6 Å². The number of carbonyl (C=O) groups excluding carboxylic acids is 2. The Morgan fingerprint density at radius 3 is 2.68 bits per heavy atom. The maximum Gasteiger partial charge on any atom is 0.250 e. The van der Waals surface area contributed by atoms with Crippen LogP contribution in [0.25, 0.3) is 5.82 Å². The van der Waals surface area contributed by atoms with E-state index in [4.69, 9.17) is 15.5 Å². The van der Waals surface area contributed by atoms with Gasteiger partial charge in [-0.15, -0.1) is 0 Å². The number of carbonyl (C=O) groups is 2. The maximum atomic E-state index is 12.3. The topological polar surface area (TPSA) is 131 Å². The Kier molecular flexibility index (Phi) is 6.95.